The van der Waals surface area contributed by atoms with Gasteiger partial charge >= 0.3 is 0 Å². The van der Waals surface area contributed by atoms with Crippen molar-refractivity contribution in [2.75, 3.05) is 54.1 Å². The van der Waals surface area contributed by atoms with E-state index in [0.717, 1.165) is 33.9 Å². The molecule has 0 radical (unpaired) electrons. The van der Waals surface area contributed by atoms with E-state index >= 15 is 0 Å². The van der Waals surface area contributed by atoms with E-state index in [1.165, 1.54) is 0 Å². The van der Waals surface area contributed by atoms with Crippen molar-refractivity contribution in [2.45, 2.75) is 64.2 Å². The third kappa shape index (κ3) is 12.2. The quantitative estimate of drug-likeness (QED) is 0.0304. The lowest BCUT2D eigenvalue weighted by Crippen LogP contribution is -2.28. The monoisotopic (exact) mass is 859 g/mol. The summed E-state index contributed by atoms with van der Waals surface area (Å²) in [6.45, 7) is 10.3. The third-order valence-corrected chi connectivity index (χ3v) is 12.2. The molecule has 0 saturated carbocycles. The fourth-order valence-corrected chi connectivity index (χ4v) is 8.61. The van der Waals surface area contributed by atoms with Crippen molar-refractivity contribution in [1.82, 2.24) is 10.6 Å². The summed E-state index contributed by atoms with van der Waals surface area (Å²) >= 11 is 8.37. The Labute approximate surface area is 348 Å². The number of rotatable bonds is 20. The third-order valence-electron chi connectivity index (χ3n) is 10.1. The lowest BCUT2D eigenvalue weighted by Gasteiger charge is -2.27. The Morgan fingerprint density at radius 1 is 0.737 bits per heavy atom. The van der Waals surface area contributed by atoms with E-state index in [2.05, 4.69) is 73.1 Å². The zero-order chi connectivity index (χ0) is 42.0. The van der Waals surface area contributed by atoms with Gasteiger partial charge in [0.1, 0.15) is 6.54 Å². The minimum absolute atomic E-state index is 0.182. The maximum absolute atomic E-state index is 12.8. The SMILES string of the molecule is CC1(C)C(/C=C/C=C/C=C/C=C2/N(CCCCS(=O)(=O)O)c3ccc(C(=O)NCCS)cc3C2(C)C)=[N+](CCCCS(=O)(=O)O)c2ccc(C(=O)NCCS)cc21. The second kappa shape index (κ2) is 19.9. The van der Waals surface area contributed by atoms with E-state index < -0.39 is 31.1 Å². The summed E-state index contributed by atoms with van der Waals surface area (Å²) in [5, 5.41) is 5.73. The molecule has 2 aromatic rings. The van der Waals surface area contributed by atoms with Crippen LogP contribution in [-0.2, 0) is 31.1 Å². The Kier molecular flexibility index (Phi) is 16.0. The van der Waals surface area contributed by atoms with Crippen LogP contribution in [0.1, 0.15) is 85.2 Å². The summed E-state index contributed by atoms with van der Waals surface area (Å²) in [6, 6.07) is 11.2. The normalized spacial score (nSPS) is 17.0. The minimum Gasteiger partial charge on any atom is -0.351 e. The fraction of sp³-hybridized carbons (Fsp3) is 0.439. The number of nitrogens with zero attached hydrogens (tertiary/aromatic N) is 2. The molecule has 2 heterocycles. The average molecular weight is 860 g/mol. The molecular weight excluding hydrogens is 805 g/mol. The lowest BCUT2D eigenvalue weighted by atomic mass is 9.80. The first-order valence-corrected chi connectivity index (χ1v) is 23.4. The highest BCUT2D eigenvalue weighted by Crippen LogP contribution is 2.48. The van der Waals surface area contributed by atoms with Crippen molar-refractivity contribution in [3.8, 4) is 0 Å². The number of amides is 2. The number of nitrogens with one attached hydrogen (secondary N) is 2. The number of fused-ring (bicyclic) bond motifs is 2. The summed E-state index contributed by atoms with van der Waals surface area (Å²) < 4.78 is 66.1. The van der Waals surface area contributed by atoms with E-state index in [4.69, 9.17) is 0 Å². The van der Waals surface area contributed by atoms with Gasteiger partial charge in [-0.1, -0.05) is 44.2 Å². The Bertz CT molecular complexity index is 2190. The van der Waals surface area contributed by atoms with Crippen molar-refractivity contribution in [3.63, 3.8) is 0 Å². The Balaban J connectivity index is 1.59. The van der Waals surface area contributed by atoms with Crippen LogP contribution in [0.15, 0.2) is 84.6 Å². The van der Waals surface area contributed by atoms with E-state index in [0.29, 0.717) is 74.5 Å². The van der Waals surface area contributed by atoms with Gasteiger partial charge in [0.25, 0.3) is 32.1 Å². The van der Waals surface area contributed by atoms with Gasteiger partial charge in [-0.05, 0) is 75.1 Å². The highest BCUT2D eigenvalue weighted by molar-refractivity contribution is 7.86. The van der Waals surface area contributed by atoms with E-state index in [1.54, 1.807) is 12.1 Å². The first-order valence-electron chi connectivity index (χ1n) is 18.9. The molecule has 2 aliphatic rings. The highest BCUT2D eigenvalue weighted by atomic mass is 32.2. The van der Waals surface area contributed by atoms with Crippen LogP contribution in [0.4, 0.5) is 11.4 Å². The van der Waals surface area contributed by atoms with Crippen molar-refractivity contribution in [3.05, 3.63) is 107 Å². The van der Waals surface area contributed by atoms with Crippen molar-refractivity contribution >= 4 is 74.4 Å². The van der Waals surface area contributed by atoms with Gasteiger partial charge in [-0.15, -0.1) is 0 Å². The van der Waals surface area contributed by atoms with Crippen LogP contribution < -0.4 is 15.5 Å². The van der Waals surface area contributed by atoms with Gasteiger partial charge in [-0.25, -0.2) is 0 Å². The number of thiol groups is 2. The fourth-order valence-electron chi connectivity index (χ4n) is 7.25. The second-order valence-electron chi connectivity index (χ2n) is 15.0. The molecule has 12 nitrogen and oxygen atoms in total. The molecule has 0 spiro atoms. The van der Waals surface area contributed by atoms with Gasteiger partial charge < -0.3 is 15.5 Å². The van der Waals surface area contributed by atoms with Gasteiger partial charge in [0.2, 0.25) is 5.69 Å². The van der Waals surface area contributed by atoms with Crippen LogP contribution in [0.5, 0.6) is 0 Å². The average Bonchev–Trinajstić information content (AvgIpc) is 3.49. The van der Waals surface area contributed by atoms with Gasteiger partial charge in [0.15, 0.2) is 5.71 Å². The maximum Gasteiger partial charge on any atom is 0.264 e. The van der Waals surface area contributed by atoms with Crippen molar-refractivity contribution < 1.29 is 40.1 Å². The zero-order valence-electron chi connectivity index (χ0n) is 32.9. The predicted octanol–water partition coefficient (Wildman–Crippen LogP) is 6.07. The predicted molar refractivity (Wildman–Crippen MR) is 235 cm³/mol. The molecule has 0 bridgehead atoms. The number of anilines is 1. The first-order chi connectivity index (χ1) is 26.8. The molecule has 16 heteroatoms. The Morgan fingerprint density at radius 2 is 1.28 bits per heavy atom. The molecule has 57 heavy (non-hydrogen) atoms. The molecule has 0 fully saturated rings. The van der Waals surface area contributed by atoms with Gasteiger partial charge in [0.05, 0.1) is 16.9 Å². The van der Waals surface area contributed by atoms with Gasteiger partial charge in [-0.3, -0.25) is 18.7 Å². The zero-order valence-corrected chi connectivity index (χ0v) is 36.4. The molecule has 0 atom stereocenters. The molecule has 2 aromatic carbocycles. The molecule has 0 saturated heterocycles. The van der Waals surface area contributed by atoms with E-state index in [-0.39, 0.29) is 23.3 Å². The summed E-state index contributed by atoms with van der Waals surface area (Å²) in [7, 11) is -8.14. The Morgan fingerprint density at radius 3 is 1.88 bits per heavy atom. The molecule has 0 aliphatic carbocycles. The topological polar surface area (TPSA) is 173 Å². The summed E-state index contributed by atoms with van der Waals surface area (Å²) in [6.07, 6.45) is 15.2. The van der Waals surface area contributed by atoms with E-state index in [9.17, 15) is 35.5 Å². The molecule has 4 rings (SSSR count). The largest absolute Gasteiger partial charge is 0.351 e. The lowest BCUT2D eigenvalue weighted by molar-refractivity contribution is -0.438. The molecule has 4 N–H and O–H groups in total. The summed E-state index contributed by atoms with van der Waals surface area (Å²) in [4.78, 5) is 27.8. The summed E-state index contributed by atoms with van der Waals surface area (Å²) in [5.41, 5.74) is 5.87. The number of hydrogen-bond donors (Lipinski definition) is 6. The van der Waals surface area contributed by atoms with Crippen LogP contribution in [0, 0.1) is 0 Å². The van der Waals surface area contributed by atoms with Crippen LogP contribution >= 0.6 is 25.3 Å². The molecule has 2 aliphatic heterocycles. The van der Waals surface area contributed by atoms with Gasteiger partial charge in [-0.2, -0.15) is 46.7 Å². The Hall–Kier alpha value is -3.67. The number of carbonyl (C=O) groups is 2. The number of allylic oxidation sites excluding steroid dienone is 8. The van der Waals surface area contributed by atoms with E-state index in [1.807, 2.05) is 66.8 Å². The summed E-state index contributed by atoms with van der Waals surface area (Å²) in [5.74, 6) is 0.0449. The van der Waals surface area contributed by atoms with Crippen LogP contribution in [0.2, 0.25) is 0 Å². The molecule has 0 unspecified atom stereocenters. The van der Waals surface area contributed by atoms with Crippen LogP contribution in [0.25, 0.3) is 0 Å². The highest BCUT2D eigenvalue weighted by Gasteiger charge is 2.44. The molecular formula is C41H55N4O8S4+. The minimum atomic E-state index is -4.07. The van der Waals surface area contributed by atoms with Gasteiger partial charge in [0, 0.05) is 83.2 Å². The van der Waals surface area contributed by atoms with Crippen LogP contribution in [0.3, 0.4) is 0 Å². The standard InChI is InChI=1S/C41H54N4O8S4/c1-40(2)32-28-30(38(46)42-20-24-54)16-18-34(32)44(22-10-12-26-56(48,49)50)36(40)14-8-6-5-7-9-15-37-41(3,4)33-29-31(39(47)43-21-25-55)17-19-35(33)45(37)23-11-13-27-57(51,52)53/h5-9,14-19,28-29H,10-13,20-27H2,1-4H3,(H5-,42,43,46,47,48,49,50,51,52,53,54,55)/p+1. The van der Waals surface area contributed by atoms with Crippen LogP contribution in [-0.4, -0.2) is 97.2 Å². The number of carbonyl (C=O) groups excluding carboxylic acids is 2. The first kappa shape index (κ1) is 46.0. The molecule has 310 valence electrons. The number of benzene rings is 2. The number of unbranched alkanes of at least 4 members (excludes halogenated alkanes) is 2. The van der Waals surface area contributed by atoms with Crippen molar-refractivity contribution in [1.29, 1.82) is 0 Å². The maximum atomic E-state index is 12.8. The molecule has 0 aromatic heterocycles. The second-order valence-corrected chi connectivity index (χ2v) is 19.1. The number of hydrogen-bond acceptors (Lipinski definition) is 9. The van der Waals surface area contributed by atoms with Crippen molar-refractivity contribution in [2.24, 2.45) is 0 Å². The smallest absolute Gasteiger partial charge is 0.264 e. The molecule has 2 amide bonds.